The van der Waals surface area contributed by atoms with Gasteiger partial charge in [0, 0.05) is 11.1 Å². The van der Waals surface area contributed by atoms with Crippen LogP contribution >= 0.6 is 10.9 Å². The summed E-state index contributed by atoms with van der Waals surface area (Å²) < 4.78 is 27.7. The molecule has 5 N–H and O–H groups in total. The van der Waals surface area contributed by atoms with E-state index < -0.39 is 10.9 Å². The molecule has 0 radical (unpaired) electrons. The first-order valence-corrected chi connectivity index (χ1v) is 5.78. The minimum absolute atomic E-state index is 0.125. The summed E-state index contributed by atoms with van der Waals surface area (Å²) in [6.45, 7) is 0. The summed E-state index contributed by atoms with van der Waals surface area (Å²) in [5.41, 5.74) is 6.19. The number of fused-ring (bicyclic) bond motifs is 1. The van der Waals surface area contributed by atoms with E-state index in [2.05, 4.69) is 0 Å². The van der Waals surface area contributed by atoms with Crippen molar-refractivity contribution in [2.45, 2.75) is 4.90 Å². The lowest BCUT2D eigenvalue weighted by molar-refractivity contribution is 0.377. The van der Waals surface area contributed by atoms with Gasteiger partial charge in [-0.15, -0.1) is 0 Å². The van der Waals surface area contributed by atoms with E-state index in [-0.39, 0.29) is 4.90 Å². The molecule has 2 rings (SSSR count). The SMILES string of the molecule is Nc1ccc2c(S(O)(O)O)cccc2c1. The Hall–Kier alpha value is -1.27. The van der Waals surface area contributed by atoms with E-state index in [0.717, 1.165) is 5.39 Å². The van der Waals surface area contributed by atoms with E-state index in [0.29, 0.717) is 11.1 Å². The summed E-state index contributed by atoms with van der Waals surface area (Å²) in [4.78, 5) is 0.125. The van der Waals surface area contributed by atoms with Gasteiger partial charge in [-0.3, -0.25) is 0 Å². The van der Waals surface area contributed by atoms with Gasteiger partial charge in [0.2, 0.25) is 0 Å². The van der Waals surface area contributed by atoms with Crippen LogP contribution in [0.3, 0.4) is 0 Å². The van der Waals surface area contributed by atoms with Gasteiger partial charge >= 0.3 is 0 Å². The molecule has 0 aliphatic rings. The summed E-state index contributed by atoms with van der Waals surface area (Å²) in [6.07, 6.45) is 0. The Balaban J connectivity index is 2.77. The van der Waals surface area contributed by atoms with Gasteiger partial charge in [-0.1, -0.05) is 18.2 Å². The molecule has 0 amide bonds. The van der Waals surface area contributed by atoms with Gasteiger partial charge in [-0.05, 0) is 23.6 Å². The molecule has 15 heavy (non-hydrogen) atoms. The maximum atomic E-state index is 9.22. The Kier molecular flexibility index (Phi) is 2.32. The highest BCUT2D eigenvalue weighted by molar-refractivity contribution is 8.19. The zero-order valence-corrected chi connectivity index (χ0v) is 8.61. The fourth-order valence-corrected chi connectivity index (χ4v) is 2.25. The third-order valence-electron chi connectivity index (χ3n) is 2.16. The van der Waals surface area contributed by atoms with Crippen molar-refractivity contribution in [1.82, 2.24) is 0 Å². The molecule has 0 unspecified atom stereocenters. The monoisotopic (exact) mass is 225 g/mol. The molecule has 0 heterocycles. The second-order valence-corrected chi connectivity index (χ2v) is 4.73. The second-order valence-electron chi connectivity index (χ2n) is 3.26. The van der Waals surface area contributed by atoms with Gasteiger partial charge in [0.25, 0.3) is 0 Å². The zero-order valence-electron chi connectivity index (χ0n) is 7.79. The van der Waals surface area contributed by atoms with Crippen LogP contribution in [-0.2, 0) is 0 Å². The summed E-state index contributed by atoms with van der Waals surface area (Å²) in [6, 6.07) is 9.93. The molecule has 0 atom stereocenters. The zero-order chi connectivity index (χ0) is 11.1. The van der Waals surface area contributed by atoms with Gasteiger partial charge in [-0.25, -0.2) is 0 Å². The third kappa shape index (κ3) is 1.91. The van der Waals surface area contributed by atoms with Crippen LogP contribution in [0, 0.1) is 0 Å². The summed E-state index contributed by atoms with van der Waals surface area (Å²) in [5.74, 6) is 0. The number of benzene rings is 2. The highest BCUT2D eigenvalue weighted by atomic mass is 32.3. The Morgan fingerprint density at radius 3 is 2.40 bits per heavy atom. The smallest absolute Gasteiger partial charge is 0.113 e. The fourth-order valence-electron chi connectivity index (χ4n) is 1.51. The molecule has 0 fully saturated rings. The van der Waals surface area contributed by atoms with Crippen molar-refractivity contribution in [3.8, 4) is 0 Å². The highest BCUT2D eigenvalue weighted by Crippen LogP contribution is 2.47. The van der Waals surface area contributed by atoms with Crippen LogP contribution in [0.5, 0.6) is 0 Å². The Morgan fingerprint density at radius 2 is 1.73 bits per heavy atom. The minimum Gasteiger partial charge on any atom is -0.399 e. The molecular weight excluding hydrogens is 214 g/mol. The van der Waals surface area contributed by atoms with E-state index in [1.807, 2.05) is 0 Å². The normalized spacial score (nSPS) is 13.0. The van der Waals surface area contributed by atoms with E-state index in [4.69, 9.17) is 5.73 Å². The van der Waals surface area contributed by atoms with Crippen LogP contribution < -0.4 is 5.73 Å². The lowest BCUT2D eigenvalue weighted by Gasteiger charge is -2.20. The topological polar surface area (TPSA) is 86.7 Å². The number of nitrogens with two attached hydrogens (primary N) is 1. The predicted octanol–water partition coefficient (Wildman–Crippen LogP) is 3.00. The average Bonchev–Trinajstić information content (AvgIpc) is 2.15. The van der Waals surface area contributed by atoms with Gasteiger partial charge in [0.05, 0.1) is 4.90 Å². The van der Waals surface area contributed by atoms with Crippen molar-refractivity contribution in [3.05, 3.63) is 36.4 Å². The maximum absolute atomic E-state index is 9.22. The van der Waals surface area contributed by atoms with Crippen LogP contribution in [0.15, 0.2) is 41.3 Å². The number of rotatable bonds is 1. The van der Waals surface area contributed by atoms with Gasteiger partial charge in [0.1, 0.15) is 10.9 Å². The van der Waals surface area contributed by atoms with Crippen LogP contribution in [-0.4, -0.2) is 13.7 Å². The number of hydrogen-bond donors (Lipinski definition) is 4. The molecule has 0 aliphatic heterocycles. The molecule has 2 aromatic rings. The molecule has 5 heteroatoms. The van der Waals surface area contributed by atoms with Gasteiger partial charge in [-0.2, -0.15) is 0 Å². The summed E-state index contributed by atoms with van der Waals surface area (Å²) in [7, 11) is -3.68. The summed E-state index contributed by atoms with van der Waals surface area (Å²) in [5, 5.41) is 1.36. The minimum atomic E-state index is -3.68. The standard InChI is InChI=1S/C10H11NO3S/c11-8-4-5-9-7(6-8)2-1-3-10(9)15(12,13)14/h1-6,12-14H,11H2. The number of anilines is 1. The van der Waals surface area contributed by atoms with Crippen molar-refractivity contribution in [3.63, 3.8) is 0 Å². The van der Waals surface area contributed by atoms with Crippen molar-refractivity contribution in [1.29, 1.82) is 0 Å². The largest absolute Gasteiger partial charge is 0.399 e. The third-order valence-corrected chi connectivity index (χ3v) is 3.11. The first-order chi connectivity index (χ1) is 6.98. The molecule has 0 bridgehead atoms. The van der Waals surface area contributed by atoms with Crippen LogP contribution in [0.1, 0.15) is 0 Å². The molecule has 0 aliphatic carbocycles. The van der Waals surface area contributed by atoms with Crippen molar-refractivity contribution in [2.24, 2.45) is 0 Å². The maximum Gasteiger partial charge on any atom is 0.113 e. The molecule has 80 valence electrons. The Labute approximate surface area is 88.5 Å². The first kappa shape index (κ1) is 10.3. The van der Waals surface area contributed by atoms with Crippen LogP contribution in [0.2, 0.25) is 0 Å². The molecule has 4 nitrogen and oxygen atoms in total. The number of hydrogen-bond acceptors (Lipinski definition) is 4. The molecule has 0 saturated carbocycles. The lowest BCUT2D eigenvalue weighted by atomic mass is 10.1. The van der Waals surface area contributed by atoms with E-state index in [1.165, 1.54) is 6.07 Å². The highest BCUT2D eigenvalue weighted by Gasteiger charge is 2.18. The Bertz CT molecular complexity index is 507. The predicted molar refractivity (Wildman–Crippen MR) is 62.1 cm³/mol. The first-order valence-electron chi connectivity index (χ1n) is 4.27. The van der Waals surface area contributed by atoms with Gasteiger partial charge in [0.15, 0.2) is 0 Å². The molecule has 2 aromatic carbocycles. The van der Waals surface area contributed by atoms with Crippen LogP contribution in [0.25, 0.3) is 10.8 Å². The van der Waals surface area contributed by atoms with Crippen molar-refractivity contribution < 1.29 is 13.7 Å². The fraction of sp³-hybridized carbons (Fsp3) is 0. The average molecular weight is 225 g/mol. The summed E-state index contributed by atoms with van der Waals surface area (Å²) >= 11 is 0. The lowest BCUT2D eigenvalue weighted by Crippen LogP contribution is -1.96. The Morgan fingerprint density at radius 1 is 1.00 bits per heavy atom. The number of nitrogen functional groups attached to an aromatic ring is 1. The van der Waals surface area contributed by atoms with Crippen molar-refractivity contribution >= 4 is 27.3 Å². The van der Waals surface area contributed by atoms with E-state index >= 15 is 0 Å². The molecule has 0 saturated heterocycles. The van der Waals surface area contributed by atoms with Crippen LogP contribution in [0.4, 0.5) is 5.69 Å². The molecular formula is C10H11NO3S. The quantitative estimate of drug-likeness (QED) is 0.562. The molecule has 0 spiro atoms. The van der Waals surface area contributed by atoms with E-state index in [1.54, 1.807) is 30.3 Å². The second kappa shape index (κ2) is 3.39. The molecule has 0 aromatic heterocycles. The van der Waals surface area contributed by atoms with E-state index in [9.17, 15) is 13.7 Å². The van der Waals surface area contributed by atoms with Gasteiger partial charge < -0.3 is 19.4 Å². The van der Waals surface area contributed by atoms with Crippen molar-refractivity contribution in [2.75, 3.05) is 5.73 Å².